The molecule has 0 radical (unpaired) electrons. The number of hydrogen-bond acceptors (Lipinski definition) is 2. The van der Waals surface area contributed by atoms with Crippen LogP contribution in [0.2, 0.25) is 0 Å². The number of rotatable bonds is 4. The van der Waals surface area contributed by atoms with Crippen LogP contribution in [-0.4, -0.2) is 13.2 Å². The van der Waals surface area contributed by atoms with Gasteiger partial charge in [0.1, 0.15) is 0 Å². The number of aryl methyl sites for hydroxylation is 1. The van der Waals surface area contributed by atoms with Gasteiger partial charge in [0.2, 0.25) is 0 Å². The van der Waals surface area contributed by atoms with Crippen molar-refractivity contribution in [2.75, 3.05) is 7.11 Å². The molecule has 0 aliphatic heterocycles. The van der Waals surface area contributed by atoms with Crippen molar-refractivity contribution in [1.29, 1.82) is 0 Å². The molecule has 0 spiro atoms. The van der Waals surface area contributed by atoms with Gasteiger partial charge in [-0.1, -0.05) is 0 Å². The van der Waals surface area contributed by atoms with Crippen LogP contribution < -0.4 is 0 Å². The Hall–Kier alpha value is -0.760. The zero-order valence-corrected chi connectivity index (χ0v) is 7.04. The molecule has 11 heavy (non-hydrogen) atoms. The fraction of sp³-hybridized carbons (Fsp3) is 0.556. The molecule has 62 valence electrons. The average Bonchev–Trinajstić information content (AvgIpc) is 2.52. The van der Waals surface area contributed by atoms with Crippen molar-refractivity contribution in [2.24, 2.45) is 0 Å². The Bertz CT molecular complexity index is 179. The highest BCUT2D eigenvalue weighted by molar-refractivity contribution is 5.05. The first-order valence-electron chi connectivity index (χ1n) is 3.87. The third kappa shape index (κ3) is 2.76. The van der Waals surface area contributed by atoms with Crippen molar-refractivity contribution >= 4 is 0 Å². The molecule has 0 bridgehead atoms. The van der Waals surface area contributed by atoms with Crippen molar-refractivity contribution in [1.82, 2.24) is 0 Å². The Morgan fingerprint density at radius 3 is 3.00 bits per heavy atom. The predicted octanol–water partition coefficient (Wildman–Crippen LogP) is 2.25. The Labute approximate surface area is 67.2 Å². The molecule has 1 rings (SSSR count). The van der Waals surface area contributed by atoms with Gasteiger partial charge in [-0.25, -0.2) is 0 Å². The lowest BCUT2D eigenvalue weighted by molar-refractivity contribution is 0.111. The highest BCUT2D eigenvalue weighted by Crippen LogP contribution is 2.06. The average molecular weight is 154 g/mol. The third-order valence-electron chi connectivity index (χ3n) is 1.82. The van der Waals surface area contributed by atoms with Crippen LogP contribution in [0.5, 0.6) is 0 Å². The molecule has 0 fully saturated rings. The van der Waals surface area contributed by atoms with Crippen LogP contribution in [-0.2, 0) is 11.2 Å². The van der Waals surface area contributed by atoms with Crippen molar-refractivity contribution in [2.45, 2.75) is 25.9 Å². The van der Waals surface area contributed by atoms with Crippen LogP contribution in [0, 0.1) is 0 Å². The molecule has 0 saturated heterocycles. The van der Waals surface area contributed by atoms with E-state index in [4.69, 9.17) is 9.15 Å². The second kappa shape index (κ2) is 4.19. The standard InChI is InChI=1S/C9H14O2/c1-8(10-2)3-4-9-5-6-11-7-9/h5-8H,3-4H2,1-2H3/t8-/m0/s1. The Balaban J connectivity index is 2.23. The zero-order chi connectivity index (χ0) is 8.10. The van der Waals surface area contributed by atoms with Crippen molar-refractivity contribution in [3.63, 3.8) is 0 Å². The van der Waals surface area contributed by atoms with Crippen LogP contribution in [0.1, 0.15) is 18.9 Å². The SMILES string of the molecule is CO[C@@H](C)CCc1ccoc1. The van der Waals surface area contributed by atoms with Gasteiger partial charge in [0.05, 0.1) is 18.6 Å². The normalized spacial score (nSPS) is 13.3. The van der Waals surface area contributed by atoms with Crippen LogP contribution in [0.4, 0.5) is 0 Å². The summed E-state index contributed by atoms with van der Waals surface area (Å²) in [6, 6.07) is 1.99. The van der Waals surface area contributed by atoms with E-state index < -0.39 is 0 Å². The van der Waals surface area contributed by atoms with E-state index in [2.05, 4.69) is 6.92 Å². The van der Waals surface area contributed by atoms with Gasteiger partial charge in [0, 0.05) is 7.11 Å². The third-order valence-corrected chi connectivity index (χ3v) is 1.82. The van der Waals surface area contributed by atoms with E-state index in [0.29, 0.717) is 6.10 Å². The molecule has 2 heteroatoms. The van der Waals surface area contributed by atoms with Gasteiger partial charge in [-0.2, -0.15) is 0 Å². The molecule has 0 amide bonds. The predicted molar refractivity (Wildman–Crippen MR) is 43.5 cm³/mol. The summed E-state index contributed by atoms with van der Waals surface area (Å²) in [5.41, 5.74) is 1.24. The fourth-order valence-corrected chi connectivity index (χ4v) is 0.923. The number of furan rings is 1. The molecular weight excluding hydrogens is 140 g/mol. The number of ether oxygens (including phenoxy) is 1. The van der Waals surface area contributed by atoms with Gasteiger partial charge >= 0.3 is 0 Å². The molecular formula is C9H14O2. The largest absolute Gasteiger partial charge is 0.472 e. The molecule has 0 N–H and O–H groups in total. The summed E-state index contributed by atoms with van der Waals surface area (Å²) in [6.07, 6.45) is 5.90. The summed E-state index contributed by atoms with van der Waals surface area (Å²) in [7, 11) is 1.74. The Kier molecular flexibility index (Phi) is 3.17. The summed E-state index contributed by atoms with van der Waals surface area (Å²) in [6.45, 7) is 2.07. The second-order valence-electron chi connectivity index (χ2n) is 2.72. The molecule has 2 nitrogen and oxygen atoms in total. The maximum Gasteiger partial charge on any atom is 0.0934 e. The molecule has 1 atom stereocenters. The lowest BCUT2D eigenvalue weighted by Gasteiger charge is -2.06. The highest BCUT2D eigenvalue weighted by atomic mass is 16.5. The van der Waals surface area contributed by atoms with Gasteiger partial charge in [-0.3, -0.25) is 0 Å². The molecule has 0 saturated carbocycles. The van der Waals surface area contributed by atoms with E-state index in [9.17, 15) is 0 Å². The van der Waals surface area contributed by atoms with Crippen molar-refractivity contribution < 1.29 is 9.15 Å². The van der Waals surface area contributed by atoms with E-state index in [1.807, 2.05) is 6.07 Å². The Morgan fingerprint density at radius 2 is 2.45 bits per heavy atom. The summed E-state index contributed by atoms with van der Waals surface area (Å²) in [5.74, 6) is 0. The van der Waals surface area contributed by atoms with Gasteiger partial charge in [-0.15, -0.1) is 0 Å². The molecule has 0 aliphatic rings. The molecule has 1 aromatic rings. The summed E-state index contributed by atoms with van der Waals surface area (Å²) >= 11 is 0. The van der Waals surface area contributed by atoms with Crippen molar-refractivity contribution in [3.8, 4) is 0 Å². The minimum Gasteiger partial charge on any atom is -0.472 e. The molecule has 0 unspecified atom stereocenters. The fourth-order valence-electron chi connectivity index (χ4n) is 0.923. The molecule has 1 aromatic heterocycles. The van der Waals surface area contributed by atoms with Gasteiger partial charge < -0.3 is 9.15 Å². The minimum atomic E-state index is 0.338. The first kappa shape index (κ1) is 8.34. The number of methoxy groups -OCH3 is 1. The van der Waals surface area contributed by atoms with Gasteiger partial charge in [0.15, 0.2) is 0 Å². The summed E-state index contributed by atoms with van der Waals surface area (Å²) < 4.78 is 10.1. The van der Waals surface area contributed by atoms with Gasteiger partial charge in [-0.05, 0) is 31.4 Å². The van der Waals surface area contributed by atoms with Crippen LogP contribution in [0.25, 0.3) is 0 Å². The smallest absolute Gasteiger partial charge is 0.0934 e. The zero-order valence-electron chi connectivity index (χ0n) is 7.04. The topological polar surface area (TPSA) is 22.4 Å². The number of hydrogen-bond donors (Lipinski definition) is 0. The highest BCUT2D eigenvalue weighted by Gasteiger charge is 2.00. The molecule has 1 heterocycles. The maximum atomic E-state index is 5.12. The monoisotopic (exact) mass is 154 g/mol. The van der Waals surface area contributed by atoms with Crippen LogP contribution >= 0.6 is 0 Å². The second-order valence-corrected chi connectivity index (χ2v) is 2.72. The Morgan fingerprint density at radius 1 is 1.64 bits per heavy atom. The van der Waals surface area contributed by atoms with Crippen molar-refractivity contribution in [3.05, 3.63) is 24.2 Å². The summed E-state index contributed by atoms with van der Waals surface area (Å²) in [4.78, 5) is 0. The lowest BCUT2D eigenvalue weighted by atomic mass is 10.1. The lowest BCUT2D eigenvalue weighted by Crippen LogP contribution is -2.05. The van der Waals surface area contributed by atoms with E-state index in [0.717, 1.165) is 12.8 Å². The molecule has 0 aromatic carbocycles. The minimum absolute atomic E-state index is 0.338. The van der Waals surface area contributed by atoms with E-state index in [1.54, 1.807) is 19.6 Å². The van der Waals surface area contributed by atoms with E-state index in [-0.39, 0.29) is 0 Å². The van der Waals surface area contributed by atoms with E-state index >= 15 is 0 Å². The van der Waals surface area contributed by atoms with Crippen LogP contribution in [0.3, 0.4) is 0 Å². The molecule has 0 aliphatic carbocycles. The first-order chi connectivity index (χ1) is 5.33. The quantitative estimate of drug-likeness (QED) is 0.663. The summed E-state index contributed by atoms with van der Waals surface area (Å²) in [5, 5.41) is 0. The van der Waals surface area contributed by atoms with E-state index in [1.165, 1.54) is 5.56 Å². The maximum absolute atomic E-state index is 5.12. The van der Waals surface area contributed by atoms with Gasteiger partial charge in [0.25, 0.3) is 0 Å². The van der Waals surface area contributed by atoms with Crippen LogP contribution in [0.15, 0.2) is 23.0 Å². The first-order valence-corrected chi connectivity index (χ1v) is 3.87.